The summed E-state index contributed by atoms with van der Waals surface area (Å²) in [5.41, 5.74) is -0.392. The first-order valence-corrected chi connectivity index (χ1v) is 9.70. The smallest absolute Gasteiger partial charge is 0.293 e. The second-order valence-corrected chi connectivity index (χ2v) is 7.91. The van der Waals surface area contributed by atoms with Gasteiger partial charge in [0.05, 0.1) is 5.39 Å². The van der Waals surface area contributed by atoms with Crippen molar-refractivity contribution in [1.82, 2.24) is 19.1 Å². The number of fused-ring (bicyclic) bond motifs is 2. The molecule has 1 aliphatic carbocycles. The van der Waals surface area contributed by atoms with E-state index in [0.717, 1.165) is 29.5 Å². The molecule has 0 unspecified atom stereocenters. The number of halogens is 1. The summed E-state index contributed by atoms with van der Waals surface area (Å²) in [7, 11) is 1.79. The summed E-state index contributed by atoms with van der Waals surface area (Å²) in [6, 6.07) is 5.10. The Labute approximate surface area is 163 Å². The summed E-state index contributed by atoms with van der Waals surface area (Å²) in [6.45, 7) is 0. The molecule has 1 saturated carbocycles. The molecule has 1 amide bonds. The second-order valence-electron chi connectivity index (χ2n) is 6.68. The van der Waals surface area contributed by atoms with Gasteiger partial charge in [-0.15, -0.1) is 11.3 Å². The third kappa shape index (κ3) is 2.15. The van der Waals surface area contributed by atoms with Gasteiger partial charge in [-0.3, -0.25) is 14.6 Å². The molecule has 8 nitrogen and oxygen atoms in total. The van der Waals surface area contributed by atoms with E-state index in [1.54, 1.807) is 24.2 Å². The van der Waals surface area contributed by atoms with Gasteiger partial charge in [-0.25, -0.2) is 19.1 Å². The highest BCUT2D eigenvalue weighted by Gasteiger charge is 2.53. The molecule has 0 radical (unpaired) electrons. The molecule has 5 rings (SSSR count). The quantitative estimate of drug-likeness (QED) is 0.663. The molecule has 1 spiro atoms. The van der Waals surface area contributed by atoms with Gasteiger partial charge in [0.25, 0.3) is 11.5 Å². The maximum absolute atomic E-state index is 13.2. The Morgan fingerprint density at radius 1 is 1.22 bits per heavy atom. The van der Waals surface area contributed by atoms with Crippen molar-refractivity contribution in [3.05, 3.63) is 46.0 Å². The summed E-state index contributed by atoms with van der Waals surface area (Å²) >= 11 is 7.82. The van der Waals surface area contributed by atoms with E-state index in [0.29, 0.717) is 11.5 Å². The van der Waals surface area contributed by atoms with Crippen LogP contribution in [0.25, 0.3) is 10.2 Å². The van der Waals surface area contributed by atoms with E-state index in [-0.39, 0.29) is 17.2 Å². The highest BCUT2D eigenvalue weighted by molar-refractivity contribution is 7.16. The zero-order valence-electron chi connectivity index (χ0n) is 14.3. The van der Waals surface area contributed by atoms with Gasteiger partial charge in [0.15, 0.2) is 0 Å². The maximum Gasteiger partial charge on any atom is 0.293 e. The van der Waals surface area contributed by atoms with Gasteiger partial charge in [-0.05, 0) is 42.8 Å². The molecule has 1 fully saturated rings. The van der Waals surface area contributed by atoms with Crippen molar-refractivity contribution in [2.75, 3.05) is 17.4 Å². The fourth-order valence-corrected chi connectivity index (χ4v) is 4.81. The summed E-state index contributed by atoms with van der Waals surface area (Å²) in [6.07, 6.45) is 3.87. The molecule has 4 heterocycles. The van der Waals surface area contributed by atoms with Crippen LogP contribution in [0.3, 0.4) is 0 Å². The Kier molecular flexibility index (Phi) is 3.47. The van der Waals surface area contributed by atoms with Crippen LogP contribution in [-0.2, 0) is 0 Å². The van der Waals surface area contributed by atoms with Gasteiger partial charge >= 0.3 is 0 Å². The van der Waals surface area contributed by atoms with Crippen molar-refractivity contribution in [1.29, 1.82) is 0 Å². The first kappa shape index (κ1) is 16.5. The van der Waals surface area contributed by atoms with E-state index in [9.17, 15) is 9.59 Å². The van der Waals surface area contributed by atoms with Crippen LogP contribution < -0.4 is 15.9 Å². The zero-order valence-corrected chi connectivity index (χ0v) is 15.9. The van der Waals surface area contributed by atoms with Crippen molar-refractivity contribution >= 4 is 50.7 Å². The predicted molar refractivity (Wildman–Crippen MR) is 104 cm³/mol. The number of aromatic nitrogens is 3. The summed E-state index contributed by atoms with van der Waals surface area (Å²) in [5.74, 6) is 0.196. The lowest BCUT2D eigenvalue weighted by molar-refractivity contribution is 0.0319. The zero-order chi connectivity index (χ0) is 18.8. The number of nitrogens with one attached hydrogen (secondary N) is 1. The molecule has 10 heteroatoms. The number of nitrogens with zero attached hydrogens (tertiary/aromatic N) is 5. The van der Waals surface area contributed by atoms with Crippen LogP contribution in [0.4, 0.5) is 11.5 Å². The molecule has 0 bridgehead atoms. The van der Waals surface area contributed by atoms with Crippen LogP contribution in [0.5, 0.6) is 0 Å². The molecule has 1 N–H and O–H groups in total. The molecule has 3 aromatic rings. The number of amides is 1. The Hall–Kier alpha value is -2.65. The summed E-state index contributed by atoms with van der Waals surface area (Å²) in [5, 5.41) is 7.64. The van der Waals surface area contributed by atoms with E-state index in [4.69, 9.17) is 11.8 Å². The van der Waals surface area contributed by atoms with Crippen molar-refractivity contribution < 1.29 is 4.79 Å². The average Bonchev–Trinajstić information content (AvgIpc) is 3.10. The predicted octanol–water partition coefficient (Wildman–Crippen LogP) is 2.65. The normalized spacial score (nSPS) is 17.9. The Balaban J connectivity index is 1.62. The van der Waals surface area contributed by atoms with Gasteiger partial charge in [-0.2, -0.15) is 0 Å². The van der Waals surface area contributed by atoms with Gasteiger partial charge in [0, 0.05) is 18.8 Å². The molecule has 2 aliphatic rings. The monoisotopic (exact) mass is 402 g/mol. The fraction of sp³-hybridized carbons (Fsp3) is 0.294. The second kappa shape index (κ2) is 5.67. The number of rotatable bonds is 2. The fourth-order valence-electron chi connectivity index (χ4n) is 3.72. The highest BCUT2D eigenvalue weighted by atomic mass is 35.5. The van der Waals surface area contributed by atoms with Crippen molar-refractivity contribution in [3.63, 3.8) is 0 Å². The standard InChI is InChI=1S/C17H15ClN6O2S/c1-22-17(6-2-7-17)24(18)16(26)12-4-3-11(15(25)23(12)22)21-13-10-5-8-27-14(10)20-9-19-13/h3-5,8-9H,2,6-7H2,1H3,(H,19,20,21). The molecule has 1 aliphatic heterocycles. The lowest BCUT2D eigenvalue weighted by Crippen LogP contribution is -2.71. The first-order valence-electron chi connectivity index (χ1n) is 8.49. The third-order valence-electron chi connectivity index (χ3n) is 5.39. The van der Waals surface area contributed by atoms with E-state index >= 15 is 0 Å². The number of carbonyl (C=O) groups is 1. The lowest BCUT2D eigenvalue weighted by Gasteiger charge is -2.55. The van der Waals surface area contributed by atoms with E-state index in [2.05, 4.69) is 15.3 Å². The van der Waals surface area contributed by atoms with Crippen LogP contribution in [0.15, 0.2) is 34.7 Å². The Morgan fingerprint density at radius 2 is 2.04 bits per heavy atom. The number of carbonyl (C=O) groups excluding carboxylic acids is 1. The van der Waals surface area contributed by atoms with E-state index in [1.165, 1.54) is 26.8 Å². The Morgan fingerprint density at radius 3 is 2.78 bits per heavy atom. The van der Waals surface area contributed by atoms with Crippen molar-refractivity contribution in [2.24, 2.45) is 0 Å². The number of anilines is 2. The lowest BCUT2D eigenvalue weighted by atomic mass is 9.83. The highest BCUT2D eigenvalue weighted by Crippen LogP contribution is 2.43. The largest absolute Gasteiger partial charge is 0.335 e. The topological polar surface area (TPSA) is 83.4 Å². The molecule has 3 aromatic heterocycles. The van der Waals surface area contributed by atoms with Gasteiger partial charge in [0.2, 0.25) is 0 Å². The molecular weight excluding hydrogens is 388 g/mol. The SMILES string of the molecule is CN1n2c(ccc(Nc3ncnc4sccc34)c2=O)C(=O)N(Cl)C12CCC2. The van der Waals surface area contributed by atoms with Gasteiger partial charge in [-0.1, -0.05) is 0 Å². The van der Waals surface area contributed by atoms with Crippen LogP contribution in [-0.4, -0.2) is 37.7 Å². The molecule has 0 aromatic carbocycles. The molecule has 138 valence electrons. The molecule has 0 atom stereocenters. The van der Waals surface area contributed by atoms with Gasteiger partial charge in [0.1, 0.15) is 34.0 Å². The minimum Gasteiger partial charge on any atom is -0.335 e. The Bertz CT molecular complexity index is 1140. The number of hydrogen-bond donors (Lipinski definition) is 1. The van der Waals surface area contributed by atoms with E-state index in [1.807, 2.05) is 11.4 Å². The summed E-state index contributed by atoms with van der Waals surface area (Å²) in [4.78, 5) is 35.2. The van der Waals surface area contributed by atoms with Crippen LogP contribution in [0.2, 0.25) is 0 Å². The molecule has 27 heavy (non-hydrogen) atoms. The van der Waals surface area contributed by atoms with Crippen molar-refractivity contribution in [3.8, 4) is 0 Å². The van der Waals surface area contributed by atoms with Crippen LogP contribution >= 0.6 is 23.1 Å². The maximum atomic E-state index is 13.2. The first-order chi connectivity index (χ1) is 13.0. The van der Waals surface area contributed by atoms with E-state index < -0.39 is 5.66 Å². The minimum atomic E-state index is -0.649. The number of hydrogen-bond acceptors (Lipinski definition) is 7. The number of pyridine rings is 1. The van der Waals surface area contributed by atoms with Gasteiger partial charge < -0.3 is 5.32 Å². The average molecular weight is 403 g/mol. The van der Waals surface area contributed by atoms with Crippen LogP contribution in [0, 0.1) is 0 Å². The van der Waals surface area contributed by atoms with Crippen LogP contribution in [0.1, 0.15) is 29.8 Å². The molecular formula is C17H15ClN6O2S. The molecule has 0 saturated heterocycles. The summed E-state index contributed by atoms with van der Waals surface area (Å²) < 4.78 is 2.65. The minimum absolute atomic E-state index is 0.240. The number of thiophene rings is 1. The van der Waals surface area contributed by atoms with Crippen molar-refractivity contribution in [2.45, 2.75) is 24.9 Å². The third-order valence-corrected chi connectivity index (χ3v) is 6.68.